The number of para-hydroxylation sites is 2. The van der Waals surface area contributed by atoms with E-state index in [4.69, 9.17) is 0 Å². The molecule has 1 aliphatic heterocycles. The second kappa shape index (κ2) is 8.10. The first-order chi connectivity index (χ1) is 14.5. The van der Waals surface area contributed by atoms with Gasteiger partial charge >= 0.3 is 0 Å². The van der Waals surface area contributed by atoms with Gasteiger partial charge in [-0.05, 0) is 25.0 Å². The van der Waals surface area contributed by atoms with Gasteiger partial charge in [-0.1, -0.05) is 24.3 Å². The summed E-state index contributed by atoms with van der Waals surface area (Å²) in [6.45, 7) is 0.0110. The maximum absolute atomic E-state index is 12.4. The molecule has 0 spiro atoms. The fraction of sp³-hybridized carbons (Fsp3) is 0.381. The minimum Gasteiger partial charge on any atom is -0.331 e. The third kappa shape index (κ3) is 3.70. The lowest BCUT2D eigenvalue weighted by molar-refractivity contribution is -0.140. The molecule has 2 unspecified atom stereocenters. The lowest BCUT2D eigenvalue weighted by Crippen LogP contribution is -2.44. The Morgan fingerprint density at radius 3 is 2.33 bits per heavy atom. The molecular weight excluding hydrogens is 386 g/mol. The van der Waals surface area contributed by atoms with Crippen LogP contribution in [0.4, 0.5) is 0 Å². The first kappa shape index (κ1) is 19.8. The van der Waals surface area contributed by atoms with Gasteiger partial charge in [-0.15, -0.1) is 0 Å². The number of nitrogens with one attached hydrogen (secondary N) is 2. The van der Waals surface area contributed by atoms with Crippen LogP contribution in [0.15, 0.2) is 36.4 Å². The highest BCUT2D eigenvalue weighted by Crippen LogP contribution is 2.34. The van der Waals surface area contributed by atoms with Gasteiger partial charge in [0.1, 0.15) is 5.82 Å². The number of likely N-dealkylation sites (tertiary alicyclic amines) is 1. The summed E-state index contributed by atoms with van der Waals surface area (Å²) in [5.74, 6) is -1.35. The van der Waals surface area contributed by atoms with E-state index in [2.05, 4.69) is 15.8 Å². The predicted octanol–water partition coefficient (Wildman–Crippen LogP) is 0.605. The van der Waals surface area contributed by atoms with Crippen molar-refractivity contribution in [1.29, 1.82) is 0 Å². The van der Waals surface area contributed by atoms with Crippen molar-refractivity contribution in [2.24, 2.45) is 18.9 Å². The summed E-state index contributed by atoms with van der Waals surface area (Å²) in [4.78, 5) is 54.6. The number of imidazole rings is 1. The van der Waals surface area contributed by atoms with Gasteiger partial charge < -0.3 is 4.57 Å². The number of fused-ring (bicyclic) bond motifs is 2. The van der Waals surface area contributed by atoms with Gasteiger partial charge in [-0.2, -0.15) is 0 Å². The normalized spacial score (nSPS) is 20.5. The molecule has 4 amide bonds. The van der Waals surface area contributed by atoms with E-state index in [0.29, 0.717) is 18.7 Å². The predicted molar refractivity (Wildman–Crippen MR) is 107 cm³/mol. The molecule has 1 aliphatic carbocycles. The van der Waals surface area contributed by atoms with Crippen LogP contribution in [0.1, 0.15) is 25.1 Å². The van der Waals surface area contributed by atoms with Crippen LogP contribution < -0.4 is 10.9 Å². The molecule has 0 radical (unpaired) electrons. The summed E-state index contributed by atoms with van der Waals surface area (Å²) in [6, 6.07) is 7.56. The van der Waals surface area contributed by atoms with Crippen molar-refractivity contribution in [2.75, 3.05) is 6.54 Å². The molecule has 2 heterocycles. The van der Waals surface area contributed by atoms with Crippen molar-refractivity contribution in [2.45, 2.75) is 25.7 Å². The van der Waals surface area contributed by atoms with E-state index in [1.165, 1.54) is 4.90 Å². The van der Waals surface area contributed by atoms with E-state index in [0.717, 1.165) is 11.0 Å². The summed E-state index contributed by atoms with van der Waals surface area (Å²) >= 11 is 0. The van der Waals surface area contributed by atoms with Crippen LogP contribution in [0.3, 0.4) is 0 Å². The maximum atomic E-state index is 12.4. The topological polar surface area (TPSA) is 113 Å². The van der Waals surface area contributed by atoms with Crippen molar-refractivity contribution in [3.8, 4) is 0 Å². The number of aromatic nitrogens is 2. The highest BCUT2D eigenvalue weighted by Gasteiger charge is 2.46. The number of hydrazine groups is 1. The van der Waals surface area contributed by atoms with E-state index in [1.807, 2.05) is 48.0 Å². The number of hydrogen-bond acceptors (Lipinski definition) is 5. The third-order valence-electron chi connectivity index (χ3n) is 5.70. The average molecular weight is 409 g/mol. The number of carbonyl (C=O) groups is 4. The fourth-order valence-electron chi connectivity index (χ4n) is 4.05. The molecular formula is C21H23N5O4. The Morgan fingerprint density at radius 1 is 1.03 bits per heavy atom. The van der Waals surface area contributed by atoms with Crippen LogP contribution in [-0.2, 0) is 32.6 Å². The van der Waals surface area contributed by atoms with Crippen molar-refractivity contribution in [3.63, 3.8) is 0 Å². The van der Waals surface area contributed by atoms with E-state index in [1.54, 1.807) is 0 Å². The Balaban J connectivity index is 1.25. The van der Waals surface area contributed by atoms with Crippen molar-refractivity contribution >= 4 is 34.7 Å². The van der Waals surface area contributed by atoms with Gasteiger partial charge in [0, 0.05) is 20.0 Å². The number of amides is 4. The molecule has 1 saturated heterocycles. The van der Waals surface area contributed by atoms with E-state index in [-0.39, 0.29) is 43.0 Å². The Bertz CT molecular complexity index is 1030. The minimum atomic E-state index is -0.470. The zero-order chi connectivity index (χ0) is 21.3. The number of carbonyl (C=O) groups excluding carboxylic acids is 4. The van der Waals surface area contributed by atoms with Gasteiger partial charge in [-0.25, -0.2) is 4.98 Å². The lowest BCUT2D eigenvalue weighted by atomic mass is 9.85. The summed E-state index contributed by atoms with van der Waals surface area (Å²) in [7, 11) is 1.83. The van der Waals surface area contributed by atoms with Crippen molar-refractivity contribution in [1.82, 2.24) is 25.3 Å². The van der Waals surface area contributed by atoms with Crippen molar-refractivity contribution < 1.29 is 19.2 Å². The molecule has 1 aromatic heterocycles. The van der Waals surface area contributed by atoms with Gasteiger partial charge in [-0.3, -0.25) is 34.9 Å². The van der Waals surface area contributed by atoms with Crippen LogP contribution in [0.25, 0.3) is 11.0 Å². The molecule has 2 aliphatic rings. The molecule has 9 heteroatoms. The number of rotatable bonds is 5. The van der Waals surface area contributed by atoms with E-state index < -0.39 is 11.8 Å². The maximum Gasteiger partial charge on any atom is 0.245 e. The standard InChI is InChI=1S/C21H23N5O4/c1-25-16-9-5-4-8-15(16)22-17(25)12-19(28)24-23-18(27)10-11-26-20(29)13-6-2-3-7-14(13)21(26)30/h2-5,8-9,13-14H,6-7,10-12H2,1H3,(H,23,27)(H,24,28). The number of aryl methyl sites for hydroxylation is 1. The molecule has 1 fully saturated rings. The minimum absolute atomic E-state index is 0.00488. The Kier molecular flexibility index (Phi) is 5.35. The van der Waals surface area contributed by atoms with E-state index in [9.17, 15) is 19.2 Å². The second-order valence-corrected chi connectivity index (χ2v) is 7.58. The first-order valence-corrected chi connectivity index (χ1v) is 9.94. The number of nitrogens with zero attached hydrogens (tertiary/aromatic N) is 3. The Morgan fingerprint density at radius 2 is 1.67 bits per heavy atom. The largest absolute Gasteiger partial charge is 0.331 e. The summed E-state index contributed by atoms with van der Waals surface area (Å²) in [6.07, 6.45) is 4.90. The zero-order valence-electron chi connectivity index (χ0n) is 16.6. The van der Waals surface area contributed by atoms with Crippen LogP contribution in [-0.4, -0.2) is 44.6 Å². The van der Waals surface area contributed by atoms with Crippen LogP contribution in [0, 0.1) is 11.8 Å². The Labute approximate surface area is 173 Å². The van der Waals surface area contributed by atoms with Crippen molar-refractivity contribution in [3.05, 3.63) is 42.2 Å². The van der Waals surface area contributed by atoms with E-state index >= 15 is 0 Å². The van der Waals surface area contributed by atoms with Gasteiger partial charge in [0.05, 0.1) is 29.3 Å². The quantitative estimate of drug-likeness (QED) is 0.427. The van der Waals surface area contributed by atoms with Gasteiger partial charge in [0.25, 0.3) is 0 Å². The number of hydrogen-bond donors (Lipinski definition) is 2. The molecule has 1 aromatic carbocycles. The molecule has 0 saturated carbocycles. The smallest absolute Gasteiger partial charge is 0.245 e. The summed E-state index contributed by atoms with van der Waals surface area (Å²) in [5, 5.41) is 0. The third-order valence-corrected chi connectivity index (χ3v) is 5.70. The molecule has 2 atom stereocenters. The molecule has 9 nitrogen and oxygen atoms in total. The molecule has 2 aromatic rings. The molecule has 156 valence electrons. The monoisotopic (exact) mass is 409 g/mol. The molecule has 0 bridgehead atoms. The second-order valence-electron chi connectivity index (χ2n) is 7.58. The molecule has 30 heavy (non-hydrogen) atoms. The number of imide groups is 1. The summed E-state index contributed by atoms with van der Waals surface area (Å²) in [5.41, 5.74) is 6.41. The number of allylic oxidation sites excluding steroid dienone is 2. The van der Waals surface area contributed by atoms with Gasteiger partial charge in [0.2, 0.25) is 23.6 Å². The zero-order valence-corrected chi connectivity index (χ0v) is 16.6. The average Bonchev–Trinajstić information content (AvgIpc) is 3.19. The summed E-state index contributed by atoms with van der Waals surface area (Å²) < 4.78 is 1.83. The molecule has 4 rings (SSSR count). The van der Waals surface area contributed by atoms with Crippen LogP contribution >= 0.6 is 0 Å². The Hall–Kier alpha value is -3.49. The van der Waals surface area contributed by atoms with Crippen LogP contribution in [0.2, 0.25) is 0 Å². The SMILES string of the molecule is Cn1c(CC(=O)NNC(=O)CCN2C(=O)C3CC=CCC3C2=O)nc2ccccc21. The highest BCUT2D eigenvalue weighted by atomic mass is 16.2. The molecule has 2 N–H and O–H groups in total. The lowest BCUT2D eigenvalue weighted by Gasteiger charge is -2.14. The van der Waals surface area contributed by atoms with Gasteiger partial charge in [0.15, 0.2) is 0 Å². The first-order valence-electron chi connectivity index (χ1n) is 9.94. The number of benzene rings is 1. The van der Waals surface area contributed by atoms with Crippen LogP contribution in [0.5, 0.6) is 0 Å². The highest BCUT2D eigenvalue weighted by molar-refractivity contribution is 6.05. The fourth-order valence-corrected chi connectivity index (χ4v) is 4.05.